The molecule has 0 saturated carbocycles. The molecule has 0 aliphatic rings. The first-order valence-corrected chi connectivity index (χ1v) is 19.0. The third-order valence-electron chi connectivity index (χ3n) is 11.0. The summed E-state index contributed by atoms with van der Waals surface area (Å²) in [6.07, 6.45) is 4.64. The topological polar surface area (TPSA) is 61.8 Å². The van der Waals surface area contributed by atoms with E-state index in [0.717, 1.165) is 113 Å². The zero-order chi connectivity index (χ0) is 36.3. The number of rotatable bonds is 10. The lowest BCUT2D eigenvalue weighted by molar-refractivity contribution is 0.112. The van der Waals surface area contributed by atoms with Gasteiger partial charge in [-0.3, -0.25) is 4.79 Å². The lowest BCUT2D eigenvalue weighted by Gasteiger charge is -2.21. The van der Waals surface area contributed by atoms with Crippen LogP contribution in [0, 0.1) is 0 Å². The molecule has 0 atom stereocenters. The smallest absolute Gasteiger partial charge is 0.178 e. The summed E-state index contributed by atoms with van der Waals surface area (Å²) in [4.78, 5) is 12.8. The second-order valence-corrected chi connectivity index (χ2v) is 14.2. The molecule has 0 saturated heterocycles. The molecule has 5 heteroatoms. The molecule has 54 heavy (non-hydrogen) atoms. The summed E-state index contributed by atoms with van der Waals surface area (Å²) in [5.41, 5.74) is 5.04. The molecule has 0 bridgehead atoms. The minimum absolute atomic E-state index is 0.500. The Hall–Kier alpha value is -6.33. The highest BCUT2D eigenvalue weighted by molar-refractivity contribution is 6.32. The SMILES string of the molecule is CCCCOc1c(-c2c(OCCCC)c3oc4c(C=O)c5ccccc5cc4c3c3ccccc23)c2ccccc2c2c1oc1cc3ccccc3cc12. The lowest BCUT2D eigenvalue weighted by Crippen LogP contribution is -2.03. The van der Waals surface area contributed by atoms with E-state index in [9.17, 15) is 4.79 Å². The van der Waals surface area contributed by atoms with Crippen LogP contribution in [-0.4, -0.2) is 19.5 Å². The third kappa shape index (κ3) is 4.81. The standard InChI is InChI=1S/C49H38O5/c1-3-5-23-51-46-43(35-21-13-11-19-33(35)41-37-25-29-15-7-8-16-30(29)27-40(37)53-48(41)46)44-36-22-14-12-20-34(36)42-38-26-31-17-9-10-18-32(31)39(28-50)45(38)54-49(42)47(44)52-24-6-4-2/h7-22,25-28H,3-6,23-24H2,1-2H3. The monoisotopic (exact) mass is 706 g/mol. The van der Waals surface area contributed by atoms with Crippen molar-refractivity contribution in [2.45, 2.75) is 39.5 Å². The van der Waals surface area contributed by atoms with Gasteiger partial charge in [-0.15, -0.1) is 0 Å². The van der Waals surface area contributed by atoms with Gasteiger partial charge in [0, 0.05) is 32.7 Å². The Morgan fingerprint density at radius 1 is 0.500 bits per heavy atom. The second-order valence-electron chi connectivity index (χ2n) is 14.2. The van der Waals surface area contributed by atoms with E-state index in [1.807, 2.05) is 24.3 Å². The van der Waals surface area contributed by atoms with Gasteiger partial charge in [0.15, 0.2) is 29.0 Å². The van der Waals surface area contributed by atoms with Gasteiger partial charge in [0.2, 0.25) is 0 Å². The molecule has 0 radical (unpaired) electrons. The van der Waals surface area contributed by atoms with E-state index in [1.165, 1.54) is 0 Å². The summed E-state index contributed by atoms with van der Waals surface area (Å²) in [5, 5.41) is 12.1. The van der Waals surface area contributed by atoms with Gasteiger partial charge in [0.1, 0.15) is 11.2 Å². The molecule has 264 valence electrons. The highest BCUT2D eigenvalue weighted by atomic mass is 16.5. The molecule has 0 amide bonds. The quantitative estimate of drug-likeness (QED) is 0.105. The van der Waals surface area contributed by atoms with E-state index < -0.39 is 0 Å². The van der Waals surface area contributed by atoms with Crippen LogP contribution >= 0.6 is 0 Å². The van der Waals surface area contributed by atoms with Gasteiger partial charge in [-0.05, 0) is 74.1 Å². The van der Waals surface area contributed by atoms with Crippen LogP contribution in [0.15, 0.2) is 124 Å². The van der Waals surface area contributed by atoms with E-state index in [1.54, 1.807) is 0 Å². The number of fused-ring (bicyclic) bond motifs is 12. The van der Waals surface area contributed by atoms with Crippen LogP contribution in [0.4, 0.5) is 0 Å². The number of benzene rings is 8. The number of unbranched alkanes of at least 4 members (excludes halogenated alkanes) is 2. The molecule has 0 unspecified atom stereocenters. The molecule has 0 N–H and O–H groups in total. The first-order valence-electron chi connectivity index (χ1n) is 19.0. The third-order valence-corrected chi connectivity index (χ3v) is 11.0. The van der Waals surface area contributed by atoms with Crippen molar-refractivity contribution in [1.82, 2.24) is 0 Å². The summed E-state index contributed by atoms with van der Waals surface area (Å²) >= 11 is 0. The maximum atomic E-state index is 12.8. The van der Waals surface area contributed by atoms with Gasteiger partial charge in [-0.2, -0.15) is 0 Å². The molecule has 0 aliphatic carbocycles. The normalized spacial score (nSPS) is 12.0. The van der Waals surface area contributed by atoms with Crippen LogP contribution in [0.1, 0.15) is 49.9 Å². The molecular formula is C49H38O5. The number of carbonyl (C=O) groups is 1. The van der Waals surface area contributed by atoms with Gasteiger partial charge < -0.3 is 18.3 Å². The summed E-state index contributed by atoms with van der Waals surface area (Å²) in [6, 6.07) is 39.9. The average molecular weight is 707 g/mol. The van der Waals surface area contributed by atoms with Crippen molar-refractivity contribution in [2.24, 2.45) is 0 Å². The molecule has 10 rings (SSSR count). The van der Waals surface area contributed by atoms with Crippen molar-refractivity contribution in [3.63, 3.8) is 0 Å². The van der Waals surface area contributed by atoms with Crippen LogP contribution in [-0.2, 0) is 0 Å². The molecule has 0 spiro atoms. The summed E-state index contributed by atoms with van der Waals surface area (Å²) in [6.45, 7) is 5.37. The molecule has 8 aromatic carbocycles. The van der Waals surface area contributed by atoms with Gasteiger partial charge in [0.25, 0.3) is 0 Å². The van der Waals surface area contributed by atoms with Crippen molar-refractivity contribution >= 4 is 93.3 Å². The van der Waals surface area contributed by atoms with E-state index in [-0.39, 0.29) is 0 Å². The average Bonchev–Trinajstić information content (AvgIpc) is 3.78. The van der Waals surface area contributed by atoms with E-state index in [0.29, 0.717) is 47.0 Å². The van der Waals surface area contributed by atoms with Gasteiger partial charge in [0.05, 0.1) is 18.8 Å². The zero-order valence-electron chi connectivity index (χ0n) is 30.3. The highest BCUT2D eigenvalue weighted by Gasteiger charge is 2.30. The maximum absolute atomic E-state index is 12.8. The predicted molar refractivity (Wildman–Crippen MR) is 223 cm³/mol. The fourth-order valence-corrected chi connectivity index (χ4v) is 8.40. The number of ether oxygens (including phenoxy) is 2. The Balaban J connectivity index is 1.41. The number of furan rings is 2. The second kappa shape index (κ2) is 13.0. The Bertz CT molecular complexity index is 3110. The van der Waals surface area contributed by atoms with E-state index in [4.69, 9.17) is 18.3 Å². The Morgan fingerprint density at radius 3 is 1.57 bits per heavy atom. The predicted octanol–water partition coefficient (Wildman–Crippen LogP) is 13.9. The molecule has 10 aromatic rings. The van der Waals surface area contributed by atoms with E-state index in [2.05, 4.69) is 105 Å². The first-order chi connectivity index (χ1) is 26.7. The fourth-order valence-electron chi connectivity index (χ4n) is 8.40. The first kappa shape index (κ1) is 32.3. The Morgan fingerprint density at radius 2 is 0.981 bits per heavy atom. The van der Waals surface area contributed by atoms with Gasteiger partial charge in [-0.25, -0.2) is 0 Å². The van der Waals surface area contributed by atoms with Crippen LogP contribution in [0.3, 0.4) is 0 Å². The summed E-state index contributed by atoms with van der Waals surface area (Å²) in [7, 11) is 0. The van der Waals surface area contributed by atoms with Crippen molar-refractivity contribution in [3.05, 3.63) is 121 Å². The Labute approximate surface area is 311 Å². The van der Waals surface area contributed by atoms with Crippen molar-refractivity contribution in [3.8, 4) is 22.6 Å². The largest absolute Gasteiger partial charge is 0.489 e. The number of aldehydes is 1. The fraction of sp³-hybridized carbons (Fsp3) is 0.163. The van der Waals surface area contributed by atoms with Crippen molar-refractivity contribution in [1.29, 1.82) is 0 Å². The van der Waals surface area contributed by atoms with Crippen LogP contribution in [0.25, 0.3) is 98.1 Å². The minimum Gasteiger partial charge on any atom is -0.489 e. The van der Waals surface area contributed by atoms with Crippen molar-refractivity contribution in [2.75, 3.05) is 13.2 Å². The summed E-state index contributed by atoms with van der Waals surface area (Å²) < 4.78 is 27.7. The minimum atomic E-state index is 0.500. The molecule has 2 heterocycles. The molecule has 0 aliphatic heterocycles. The van der Waals surface area contributed by atoms with E-state index >= 15 is 0 Å². The maximum Gasteiger partial charge on any atom is 0.178 e. The Kier molecular flexibility index (Phi) is 7.76. The number of hydrogen-bond acceptors (Lipinski definition) is 5. The zero-order valence-corrected chi connectivity index (χ0v) is 30.3. The highest BCUT2D eigenvalue weighted by Crippen LogP contribution is 2.55. The summed E-state index contributed by atoms with van der Waals surface area (Å²) in [5.74, 6) is 1.33. The van der Waals surface area contributed by atoms with Gasteiger partial charge in [-0.1, -0.05) is 124 Å². The van der Waals surface area contributed by atoms with Gasteiger partial charge >= 0.3 is 0 Å². The van der Waals surface area contributed by atoms with Crippen LogP contribution < -0.4 is 9.47 Å². The number of hydrogen-bond donors (Lipinski definition) is 0. The molecule has 0 fully saturated rings. The number of carbonyl (C=O) groups excluding carboxylic acids is 1. The molecule has 2 aromatic heterocycles. The van der Waals surface area contributed by atoms with Crippen molar-refractivity contribution < 1.29 is 23.1 Å². The van der Waals surface area contributed by atoms with Crippen LogP contribution in [0.2, 0.25) is 0 Å². The molecular weight excluding hydrogens is 669 g/mol. The van der Waals surface area contributed by atoms with Crippen LogP contribution in [0.5, 0.6) is 11.5 Å². The lowest BCUT2D eigenvalue weighted by atomic mass is 9.88. The molecule has 5 nitrogen and oxygen atoms in total.